The van der Waals surface area contributed by atoms with Gasteiger partial charge in [-0.1, -0.05) is 30.3 Å². The Hall–Kier alpha value is -2.07. The van der Waals surface area contributed by atoms with Crippen molar-refractivity contribution >= 4 is 27.5 Å². The van der Waals surface area contributed by atoms with Gasteiger partial charge in [0.15, 0.2) is 0 Å². The number of hydrogen-bond acceptors (Lipinski definition) is 2. The number of benzene rings is 1. The van der Waals surface area contributed by atoms with Gasteiger partial charge >= 0.3 is 0 Å². The van der Waals surface area contributed by atoms with Crippen LogP contribution in [-0.2, 0) is 0 Å². The Labute approximate surface area is 134 Å². The molecule has 1 amide bonds. The molecule has 0 aliphatic carbocycles. The Bertz CT molecular complexity index is 786. The molecule has 2 heterocycles. The molecule has 0 aliphatic heterocycles. The van der Waals surface area contributed by atoms with E-state index < -0.39 is 0 Å². The molecule has 0 aliphatic rings. The van der Waals surface area contributed by atoms with Gasteiger partial charge in [-0.15, -0.1) is 11.3 Å². The summed E-state index contributed by atoms with van der Waals surface area (Å²) in [4.78, 5) is 12.6. The molecular weight excluding hydrogens is 292 g/mol. The highest BCUT2D eigenvalue weighted by atomic mass is 32.1. The molecule has 0 bridgehead atoms. The molecule has 0 fully saturated rings. The predicted molar refractivity (Wildman–Crippen MR) is 92.7 cm³/mol. The second-order valence-corrected chi connectivity index (χ2v) is 6.73. The minimum absolute atomic E-state index is 0.0128. The fourth-order valence-electron chi connectivity index (χ4n) is 2.75. The molecule has 2 aromatic heterocycles. The van der Waals surface area contributed by atoms with E-state index in [0.717, 1.165) is 15.9 Å². The third-order valence-electron chi connectivity index (χ3n) is 3.78. The second-order valence-electron chi connectivity index (χ2n) is 5.78. The van der Waals surface area contributed by atoms with E-state index in [4.69, 9.17) is 0 Å². The molecule has 1 N–H and O–H groups in total. The van der Waals surface area contributed by atoms with E-state index in [2.05, 4.69) is 40.4 Å². The lowest BCUT2D eigenvalue weighted by molar-refractivity contribution is 0.0933. The van der Waals surface area contributed by atoms with E-state index in [1.54, 1.807) is 11.3 Å². The zero-order chi connectivity index (χ0) is 15.7. The average molecular weight is 312 g/mol. The van der Waals surface area contributed by atoms with Crippen LogP contribution in [0.2, 0.25) is 0 Å². The zero-order valence-electron chi connectivity index (χ0n) is 13.0. The molecule has 0 saturated carbocycles. The highest BCUT2D eigenvalue weighted by molar-refractivity contribution is 7.17. The number of fused-ring (bicyclic) bond motifs is 1. The maximum atomic E-state index is 12.6. The monoisotopic (exact) mass is 312 g/mol. The maximum Gasteiger partial charge on any atom is 0.268 e. The van der Waals surface area contributed by atoms with Crippen molar-refractivity contribution in [3.63, 3.8) is 0 Å². The molecular formula is C18H20N2OS. The fraction of sp³-hybridized carbons (Fsp3) is 0.278. The quantitative estimate of drug-likeness (QED) is 0.758. The third-order valence-corrected chi connectivity index (χ3v) is 4.64. The van der Waals surface area contributed by atoms with Crippen LogP contribution in [0.4, 0.5) is 0 Å². The normalized spacial score (nSPS) is 12.7. The van der Waals surface area contributed by atoms with Crippen LogP contribution in [0.5, 0.6) is 0 Å². The first-order chi connectivity index (χ1) is 10.6. The summed E-state index contributed by atoms with van der Waals surface area (Å²) < 4.78 is 3.29. The fourth-order valence-corrected chi connectivity index (χ4v) is 3.56. The summed E-state index contributed by atoms with van der Waals surface area (Å²) in [6.07, 6.45) is 0. The minimum Gasteiger partial charge on any atom is -0.349 e. The molecule has 3 aromatic rings. The van der Waals surface area contributed by atoms with Crippen LogP contribution < -0.4 is 5.32 Å². The molecule has 0 unspecified atom stereocenters. The maximum absolute atomic E-state index is 12.6. The van der Waals surface area contributed by atoms with Crippen LogP contribution in [0.15, 0.2) is 47.8 Å². The van der Waals surface area contributed by atoms with Crippen molar-refractivity contribution in [3.05, 3.63) is 59.1 Å². The largest absolute Gasteiger partial charge is 0.349 e. The summed E-state index contributed by atoms with van der Waals surface area (Å²) in [5.74, 6) is -0.0128. The smallest absolute Gasteiger partial charge is 0.268 e. The van der Waals surface area contributed by atoms with Crippen molar-refractivity contribution < 1.29 is 4.79 Å². The Balaban J connectivity index is 2.10. The van der Waals surface area contributed by atoms with Gasteiger partial charge in [-0.05, 0) is 43.8 Å². The first-order valence-electron chi connectivity index (χ1n) is 7.52. The number of thiophene rings is 1. The Morgan fingerprint density at radius 2 is 1.86 bits per heavy atom. The molecule has 1 atom stereocenters. The van der Waals surface area contributed by atoms with Gasteiger partial charge in [0.05, 0.1) is 16.3 Å². The lowest BCUT2D eigenvalue weighted by Crippen LogP contribution is -2.32. The van der Waals surface area contributed by atoms with E-state index in [0.29, 0.717) is 0 Å². The van der Waals surface area contributed by atoms with Gasteiger partial charge in [0.25, 0.3) is 5.91 Å². The third kappa shape index (κ3) is 2.66. The van der Waals surface area contributed by atoms with Crippen LogP contribution in [0, 0.1) is 0 Å². The van der Waals surface area contributed by atoms with Gasteiger partial charge in [-0.25, -0.2) is 0 Å². The van der Waals surface area contributed by atoms with Crippen molar-refractivity contribution in [2.24, 2.45) is 0 Å². The van der Waals surface area contributed by atoms with Gasteiger partial charge in [0.1, 0.15) is 5.69 Å². The molecule has 3 rings (SSSR count). The van der Waals surface area contributed by atoms with Crippen molar-refractivity contribution in [1.82, 2.24) is 9.88 Å². The number of carbonyl (C=O) groups excluding carboxylic acids is 1. The summed E-state index contributed by atoms with van der Waals surface area (Å²) in [5, 5.41) is 5.07. The number of nitrogens with zero attached hydrogens (tertiary/aromatic N) is 1. The SMILES string of the molecule is CC(C)NC(=O)c1cc2sccc2n1[C@@H](C)c1ccccc1. The summed E-state index contributed by atoms with van der Waals surface area (Å²) in [5.41, 5.74) is 3.05. The molecule has 0 spiro atoms. The van der Waals surface area contributed by atoms with Gasteiger partial charge < -0.3 is 9.88 Å². The van der Waals surface area contributed by atoms with Gasteiger partial charge in [-0.3, -0.25) is 4.79 Å². The molecule has 22 heavy (non-hydrogen) atoms. The van der Waals surface area contributed by atoms with E-state index >= 15 is 0 Å². The number of carbonyl (C=O) groups is 1. The van der Waals surface area contributed by atoms with E-state index in [9.17, 15) is 4.79 Å². The van der Waals surface area contributed by atoms with E-state index in [1.807, 2.05) is 38.1 Å². The minimum atomic E-state index is -0.0128. The van der Waals surface area contributed by atoms with Crippen molar-refractivity contribution in [1.29, 1.82) is 0 Å². The Kier molecular flexibility index (Phi) is 4.03. The van der Waals surface area contributed by atoms with Crippen molar-refractivity contribution in [3.8, 4) is 0 Å². The highest BCUT2D eigenvalue weighted by Crippen LogP contribution is 2.31. The number of hydrogen-bond donors (Lipinski definition) is 1. The highest BCUT2D eigenvalue weighted by Gasteiger charge is 2.21. The Morgan fingerprint density at radius 3 is 2.55 bits per heavy atom. The summed E-state index contributed by atoms with van der Waals surface area (Å²) in [7, 11) is 0. The zero-order valence-corrected chi connectivity index (χ0v) is 13.9. The van der Waals surface area contributed by atoms with Crippen LogP contribution in [0.3, 0.4) is 0 Å². The van der Waals surface area contributed by atoms with Gasteiger partial charge in [0.2, 0.25) is 0 Å². The van der Waals surface area contributed by atoms with Crippen LogP contribution in [-0.4, -0.2) is 16.5 Å². The van der Waals surface area contributed by atoms with Crippen LogP contribution in [0.1, 0.15) is 42.9 Å². The van der Waals surface area contributed by atoms with Crippen molar-refractivity contribution in [2.75, 3.05) is 0 Å². The molecule has 0 radical (unpaired) electrons. The standard InChI is InChI=1S/C18H20N2OS/c1-12(2)19-18(21)16-11-17-15(9-10-22-17)20(16)13(3)14-7-5-4-6-8-14/h4-13H,1-3H3,(H,19,21)/t13-/m0/s1. The summed E-state index contributed by atoms with van der Waals surface area (Å²) >= 11 is 1.67. The average Bonchev–Trinajstić information content (AvgIpc) is 3.07. The van der Waals surface area contributed by atoms with E-state index in [-0.39, 0.29) is 18.0 Å². The first-order valence-corrected chi connectivity index (χ1v) is 8.40. The van der Waals surface area contributed by atoms with Crippen molar-refractivity contribution in [2.45, 2.75) is 32.9 Å². The molecule has 0 saturated heterocycles. The number of aromatic nitrogens is 1. The Morgan fingerprint density at radius 1 is 1.14 bits per heavy atom. The summed E-state index contributed by atoms with van der Waals surface area (Å²) in [6.45, 7) is 6.10. The summed E-state index contributed by atoms with van der Waals surface area (Å²) in [6, 6.07) is 14.6. The van der Waals surface area contributed by atoms with Gasteiger partial charge in [0, 0.05) is 6.04 Å². The molecule has 3 nitrogen and oxygen atoms in total. The van der Waals surface area contributed by atoms with Crippen LogP contribution in [0.25, 0.3) is 10.2 Å². The number of amides is 1. The van der Waals surface area contributed by atoms with Crippen LogP contribution >= 0.6 is 11.3 Å². The number of rotatable bonds is 4. The van der Waals surface area contributed by atoms with Gasteiger partial charge in [-0.2, -0.15) is 0 Å². The second kappa shape index (κ2) is 5.97. The molecule has 1 aromatic carbocycles. The predicted octanol–water partition coefficient (Wildman–Crippen LogP) is 4.45. The first kappa shape index (κ1) is 14.9. The lowest BCUT2D eigenvalue weighted by Gasteiger charge is -2.19. The topological polar surface area (TPSA) is 34.0 Å². The lowest BCUT2D eigenvalue weighted by atomic mass is 10.1. The van der Waals surface area contributed by atoms with E-state index in [1.165, 1.54) is 5.56 Å². The molecule has 4 heteroatoms. The number of nitrogens with one attached hydrogen (secondary N) is 1. The molecule has 114 valence electrons.